The molecule has 1 aliphatic rings. The summed E-state index contributed by atoms with van der Waals surface area (Å²) in [7, 11) is 1.35. The molecule has 4 rings (SSSR count). The number of methoxy groups -OCH3 is 1. The van der Waals surface area contributed by atoms with Crippen LogP contribution in [0, 0.1) is 0 Å². The van der Waals surface area contributed by atoms with Gasteiger partial charge in [0.2, 0.25) is 0 Å². The van der Waals surface area contributed by atoms with Crippen LogP contribution in [0.4, 0.5) is 0 Å². The monoisotopic (exact) mass is 379 g/mol. The first-order chi connectivity index (χ1) is 13.7. The number of carbonyl (C=O) groups excluding carboxylic acids is 2. The third-order valence-electron chi connectivity index (χ3n) is 5.02. The summed E-state index contributed by atoms with van der Waals surface area (Å²) in [5.74, 6) is -0.589. The minimum absolute atomic E-state index is 0.216. The summed E-state index contributed by atoms with van der Waals surface area (Å²) in [5, 5.41) is 0. The van der Waals surface area contributed by atoms with E-state index in [4.69, 9.17) is 4.74 Å². The lowest BCUT2D eigenvalue weighted by atomic mass is 10.0. The maximum Gasteiger partial charge on any atom is 0.328 e. The minimum Gasteiger partial charge on any atom is -0.467 e. The Morgan fingerprint density at radius 1 is 1.25 bits per heavy atom. The number of nitrogens with zero attached hydrogens (tertiary/aromatic N) is 5. The van der Waals surface area contributed by atoms with E-state index < -0.39 is 6.04 Å². The first-order valence-corrected chi connectivity index (χ1v) is 9.26. The maximum absolute atomic E-state index is 13.0. The van der Waals surface area contributed by atoms with Crippen LogP contribution in [0.1, 0.15) is 35.2 Å². The number of carbonyl (C=O) groups is 2. The SMILES string of the molecule is COC(=O)C1CCCCN1C(=O)c1cnc2c(c1)ncn2Cc1cccnc1. The number of piperidine rings is 1. The lowest BCUT2D eigenvalue weighted by Gasteiger charge is -2.33. The lowest BCUT2D eigenvalue weighted by Crippen LogP contribution is -2.48. The predicted octanol–water partition coefficient (Wildman–Crippen LogP) is 2.04. The second-order valence-corrected chi connectivity index (χ2v) is 6.83. The van der Waals surface area contributed by atoms with E-state index in [1.54, 1.807) is 35.9 Å². The van der Waals surface area contributed by atoms with Crippen molar-refractivity contribution >= 4 is 23.0 Å². The molecule has 28 heavy (non-hydrogen) atoms. The van der Waals surface area contributed by atoms with E-state index in [-0.39, 0.29) is 11.9 Å². The van der Waals surface area contributed by atoms with Gasteiger partial charge in [0.15, 0.2) is 5.65 Å². The van der Waals surface area contributed by atoms with Gasteiger partial charge in [0, 0.05) is 25.1 Å². The fourth-order valence-corrected chi connectivity index (χ4v) is 3.59. The maximum atomic E-state index is 13.0. The van der Waals surface area contributed by atoms with Gasteiger partial charge in [0.1, 0.15) is 11.6 Å². The van der Waals surface area contributed by atoms with Gasteiger partial charge in [-0.2, -0.15) is 0 Å². The number of hydrogen-bond acceptors (Lipinski definition) is 6. The van der Waals surface area contributed by atoms with Crippen LogP contribution in [0.25, 0.3) is 11.2 Å². The number of amides is 1. The summed E-state index contributed by atoms with van der Waals surface area (Å²) in [6, 6.07) is 5.06. The van der Waals surface area contributed by atoms with Crippen molar-refractivity contribution in [3.05, 3.63) is 54.2 Å². The van der Waals surface area contributed by atoms with Crippen molar-refractivity contribution in [3.8, 4) is 0 Å². The molecule has 1 unspecified atom stereocenters. The third kappa shape index (κ3) is 3.45. The highest BCUT2D eigenvalue weighted by atomic mass is 16.5. The molecule has 144 valence electrons. The minimum atomic E-state index is -0.537. The number of fused-ring (bicyclic) bond motifs is 1. The lowest BCUT2D eigenvalue weighted by molar-refractivity contribution is -0.147. The molecule has 1 amide bonds. The number of rotatable bonds is 4. The Hall–Kier alpha value is -3.29. The second-order valence-electron chi connectivity index (χ2n) is 6.83. The molecule has 0 aromatic carbocycles. The Bertz CT molecular complexity index is 1000. The van der Waals surface area contributed by atoms with Crippen molar-refractivity contribution in [1.82, 2.24) is 24.4 Å². The van der Waals surface area contributed by atoms with E-state index in [1.165, 1.54) is 7.11 Å². The van der Waals surface area contributed by atoms with E-state index >= 15 is 0 Å². The fraction of sp³-hybridized carbons (Fsp3) is 0.350. The molecule has 1 atom stereocenters. The zero-order valence-electron chi connectivity index (χ0n) is 15.6. The van der Waals surface area contributed by atoms with Gasteiger partial charge in [-0.3, -0.25) is 9.78 Å². The van der Waals surface area contributed by atoms with Crippen LogP contribution in [0.15, 0.2) is 43.1 Å². The van der Waals surface area contributed by atoms with Crippen molar-refractivity contribution in [1.29, 1.82) is 0 Å². The van der Waals surface area contributed by atoms with E-state index in [0.29, 0.717) is 36.2 Å². The summed E-state index contributed by atoms with van der Waals surface area (Å²) in [5.41, 5.74) is 2.80. The third-order valence-corrected chi connectivity index (χ3v) is 5.02. The number of esters is 1. The van der Waals surface area contributed by atoms with Gasteiger partial charge in [0.05, 0.1) is 25.5 Å². The highest BCUT2D eigenvalue weighted by Crippen LogP contribution is 2.22. The molecule has 3 aromatic heterocycles. The van der Waals surface area contributed by atoms with Crippen LogP contribution in [-0.2, 0) is 16.1 Å². The molecule has 8 heteroatoms. The Kier molecular flexibility index (Phi) is 5.01. The number of hydrogen-bond donors (Lipinski definition) is 0. The van der Waals surface area contributed by atoms with E-state index in [0.717, 1.165) is 18.4 Å². The molecule has 0 spiro atoms. The molecule has 1 fully saturated rings. The van der Waals surface area contributed by atoms with Crippen LogP contribution in [0.2, 0.25) is 0 Å². The van der Waals surface area contributed by atoms with Crippen molar-refractivity contribution < 1.29 is 14.3 Å². The second kappa shape index (κ2) is 7.75. The summed E-state index contributed by atoms with van der Waals surface area (Å²) < 4.78 is 6.78. The number of imidazole rings is 1. The summed E-state index contributed by atoms with van der Waals surface area (Å²) in [6.07, 6.45) is 9.18. The van der Waals surface area contributed by atoms with Gasteiger partial charge < -0.3 is 14.2 Å². The number of aromatic nitrogens is 4. The molecule has 4 heterocycles. The Labute approximate surface area is 162 Å². The molecule has 0 N–H and O–H groups in total. The van der Waals surface area contributed by atoms with Gasteiger partial charge in [0.25, 0.3) is 5.91 Å². The van der Waals surface area contributed by atoms with Gasteiger partial charge in [-0.15, -0.1) is 0 Å². The first kappa shape index (κ1) is 18.1. The van der Waals surface area contributed by atoms with E-state index in [2.05, 4.69) is 15.0 Å². The molecule has 0 bridgehead atoms. The first-order valence-electron chi connectivity index (χ1n) is 9.26. The van der Waals surface area contributed by atoms with Crippen LogP contribution in [0.3, 0.4) is 0 Å². The van der Waals surface area contributed by atoms with Crippen molar-refractivity contribution in [3.63, 3.8) is 0 Å². The van der Waals surface area contributed by atoms with Crippen molar-refractivity contribution in [2.45, 2.75) is 31.8 Å². The zero-order chi connectivity index (χ0) is 19.5. The Morgan fingerprint density at radius 2 is 2.14 bits per heavy atom. The van der Waals surface area contributed by atoms with Gasteiger partial charge in [-0.05, 0) is 37.0 Å². The molecular weight excluding hydrogens is 358 g/mol. The van der Waals surface area contributed by atoms with Crippen molar-refractivity contribution in [2.24, 2.45) is 0 Å². The largest absolute Gasteiger partial charge is 0.467 e. The molecule has 8 nitrogen and oxygen atoms in total. The van der Waals surface area contributed by atoms with Crippen LogP contribution in [-0.4, -0.2) is 56.0 Å². The highest BCUT2D eigenvalue weighted by molar-refractivity contribution is 5.98. The van der Waals surface area contributed by atoms with Gasteiger partial charge in [-0.25, -0.2) is 14.8 Å². The standard InChI is InChI=1S/C20H21N5O3/c1-28-20(27)17-6-2-3-8-25(17)19(26)15-9-16-18(22-11-15)24(13-23-16)12-14-5-4-7-21-10-14/h4-5,7,9-11,13,17H,2-3,6,8,12H2,1H3. The summed E-state index contributed by atoms with van der Waals surface area (Å²) in [4.78, 5) is 39.6. The van der Waals surface area contributed by atoms with Crippen molar-refractivity contribution in [2.75, 3.05) is 13.7 Å². The van der Waals surface area contributed by atoms with E-state index in [1.807, 2.05) is 16.7 Å². The van der Waals surface area contributed by atoms with Crippen LogP contribution in [0.5, 0.6) is 0 Å². The smallest absolute Gasteiger partial charge is 0.328 e. The molecule has 0 aliphatic carbocycles. The Balaban J connectivity index is 1.59. The Morgan fingerprint density at radius 3 is 2.93 bits per heavy atom. The molecule has 3 aromatic rings. The van der Waals surface area contributed by atoms with Gasteiger partial charge in [-0.1, -0.05) is 6.07 Å². The summed E-state index contributed by atoms with van der Waals surface area (Å²) in [6.45, 7) is 1.13. The molecule has 0 radical (unpaired) electrons. The average molecular weight is 379 g/mol. The van der Waals surface area contributed by atoms with Crippen LogP contribution < -0.4 is 0 Å². The quantitative estimate of drug-likeness (QED) is 0.645. The topological polar surface area (TPSA) is 90.2 Å². The number of pyridine rings is 2. The molecule has 1 aliphatic heterocycles. The average Bonchev–Trinajstić information content (AvgIpc) is 3.15. The number of likely N-dealkylation sites (tertiary alicyclic amines) is 1. The summed E-state index contributed by atoms with van der Waals surface area (Å²) >= 11 is 0. The predicted molar refractivity (Wildman–Crippen MR) is 102 cm³/mol. The fourth-order valence-electron chi connectivity index (χ4n) is 3.59. The normalized spacial score (nSPS) is 16.9. The van der Waals surface area contributed by atoms with E-state index in [9.17, 15) is 9.59 Å². The molecule has 0 saturated carbocycles. The highest BCUT2D eigenvalue weighted by Gasteiger charge is 2.33. The number of ether oxygens (including phenoxy) is 1. The van der Waals surface area contributed by atoms with Gasteiger partial charge >= 0.3 is 5.97 Å². The zero-order valence-corrected chi connectivity index (χ0v) is 15.6. The van der Waals surface area contributed by atoms with Crippen LogP contribution >= 0.6 is 0 Å². The molecular formula is C20H21N5O3. The molecule has 1 saturated heterocycles.